The molecule has 3 atom stereocenters. The van der Waals surface area contributed by atoms with E-state index in [1.807, 2.05) is 35.2 Å². The van der Waals surface area contributed by atoms with Crippen LogP contribution in [0.5, 0.6) is 0 Å². The Hall–Kier alpha value is -4.42. The molecule has 2 saturated heterocycles. The third kappa shape index (κ3) is 6.18. The number of Topliss-reactive ketones (excluding diaryl/α,β-unsaturated/α-hetero) is 1. The Morgan fingerprint density at radius 3 is 2.51 bits per heavy atom. The number of ketones is 1. The van der Waals surface area contributed by atoms with Gasteiger partial charge in [-0.1, -0.05) is 30.3 Å². The molecular formula is C29H31FN6O5. The number of ether oxygens (including phenoxy) is 1. The van der Waals surface area contributed by atoms with Crippen LogP contribution < -0.4 is 15.5 Å². The summed E-state index contributed by atoms with van der Waals surface area (Å²) in [5.41, 5.74) is 7.34. The van der Waals surface area contributed by atoms with Gasteiger partial charge in [-0.3, -0.25) is 19.3 Å². The van der Waals surface area contributed by atoms with Crippen molar-refractivity contribution in [2.24, 2.45) is 11.7 Å². The van der Waals surface area contributed by atoms with E-state index in [4.69, 9.17) is 15.3 Å². The molecule has 0 bridgehead atoms. The summed E-state index contributed by atoms with van der Waals surface area (Å²) in [5, 5.41) is 1.79. The first kappa shape index (κ1) is 28.1. The van der Waals surface area contributed by atoms with Gasteiger partial charge in [-0.2, -0.15) is 5.06 Å². The third-order valence-electron chi connectivity index (χ3n) is 7.38. The van der Waals surface area contributed by atoms with Crippen molar-refractivity contribution in [1.29, 1.82) is 0 Å². The van der Waals surface area contributed by atoms with E-state index in [1.54, 1.807) is 18.1 Å². The maximum atomic E-state index is 15.2. The van der Waals surface area contributed by atoms with Crippen molar-refractivity contribution in [2.75, 3.05) is 36.0 Å². The normalized spacial score (nSPS) is 20.1. The SMILES string of the molecule is CC(=O)C1CN(OCc2ccccc2)CCN1c1ncc(-c2ccc(N3CC(C(C)C(N)=O)OC3=O)cc2F)cn1. The number of hydrogen-bond acceptors (Lipinski definition) is 9. The Kier molecular flexibility index (Phi) is 8.22. The summed E-state index contributed by atoms with van der Waals surface area (Å²) >= 11 is 0. The highest BCUT2D eigenvalue weighted by atomic mass is 19.1. The minimum absolute atomic E-state index is 0.0415. The van der Waals surface area contributed by atoms with E-state index in [9.17, 15) is 14.4 Å². The average molecular weight is 563 g/mol. The number of carbonyl (C=O) groups is 3. The van der Waals surface area contributed by atoms with E-state index >= 15 is 4.39 Å². The lowest BCUT2D eigenvalue weighted by molar-refractivity contribution is -0.179. The fourth-order valence-corrected chi connectivity index (χ4v) is 4.86. The van der Waals surface area contributed by atoms with E-state index in [0.717, 1.165) is 5.56 Å². The van der Waals surface area contributed by atoms with Gasteiger partial charge in [0.05, 0.1) is 31.3 Å². The lowest BCUT2D eigenvalue weighted by atomic mass is 10.0. The van der Waals surface area contributed by atoms with E-state index in [2.05, 4.69) is 9.97 Å². The summed E-state index contributed by atoms with van der Waals surface area (Å²) in [5.74, 6) is -1.51. The molecule has 2 aromatic carbocycles. The van der Waals surface area contributed by atoms with Gasteiger partial charge in [-0.15, -0.1) is 0 Å². The van der Waals surface area contributed by atoms with Crippen LogP contribution in [0, 0.1) is 11.7 Å². The molecule has 214 valence electrons. The smallest absolute Gasteiger partial charge is 0.414 e. The lowest BCUT2D eigenvalue weighted by Gasteiger charge is -2.39. The number of anilines is 2. The van der Waals surface area contributed by atoms with Crippen LogP contribution in [0.2, 0.25) is 0 Å². The van der Waals surface area contributed by atoms with Gasteiger partial charge in [0.2, 0.25) is 11.9 Å². The number of benzene rings is 2. The fraction of sp³-hybridized carbons (Fsp3) is 0.345. The third-order valence-corrected chi connectivity index (χ3v) is 7.38. The molecule has 5 rings (SSSR count). The summed E-state index contributed by atoms with van der Waals surface area (Å²) in [6.07, 6.45) is 1.63. The van der Waals surface area contributed by atoms with Crippen LogP contribution in [0.15, 0.2) is 60.9 Å². The van der Waals surface area contributed by atoms with Gasteiger partial charge in [0.25, 0.3) is 0 Å². The molecule has 11 nitrogen and oxygen atoms in total. The highest BCUT2D eigenvalue weighted by Crippen LogP contribution is 2.30. The second kappa shape index (κ2) is 12.0. The predicted octanol–water partition coefficient (Wildman–Crippen LogP) is 2.94. The van der Waals surface area contributed by atoms with Crippen LogP contribution in [0.4, 0.5) is 20.8 Å². The molecule has 3 aromatic rings. The standard InChI is InChI=1S/C29H31FN6O5/c1-18(27(31)38)26-16-36(29(39)41-26)22-8-9-23(24(30)12-22)21-13-32-28(33-14-21)35-11-10-34(15-25(35)19(2)37)40-17-20-6-4-3-5-7-20/h3-9,12-14,18,25-26H,10-11,15-17H2,1-2H3,(H2,31,38). The molecule has 0 spiro atoms. The van der Waals surface area contributed by atoms with Crippen molar-refractivity contribution < 1.29 is 28.3 Å². The number of primary amides is 1. The quantitative estimate of drug-likeness (QED) is 0.418. The molecule has 2 amide bonds. The van der Waals surface area contributed by atoms with Crippen LogP contribution in [-0.4, -0.2) is 71.1 Å². The van der Waals surface area contributed by atoms with Gasteiger partial charge < -0.3 is 15.4 Å². The fourth-order valence-electron chi connectivity index (χ4n) is 4.86. The Morgan fingerprint density at radius 2 is 1.85 bits per heavy atom. The summed E-state index contributed by atoms with van der Waals surface area (Å²) in [6.45, 7) is 4.99. The number of hydrogen-bond donors (Lipinski definition) is 1. The van der Waals surface area contributed by atoms with Gasteiger partial charge in [-0.25, -0.2) is 19.2 Å². The molecule has 12 heteroatoms. The molecule has 2 N–H and O–H groups in total. The van der Waals surface area contributed by atoms with E-state index in [1.165, 1.54) is 36.4 Å². The number of nitrogens with zero attached hydrogens (tertiary/aromatic N) is 5. The number of aromatic nitrogens is 2. The molecule has 0 saturated carbocycles. The summed E-state index contributed by atoms with van der Waals surface area (Å²) in [4.78, 5) is 54.2. The molecule has 2 aliphatic heterocycles. The summed E-state index contributed by atoms with van der Waals surface area (Å²) in [6, 6.07) is 13.6. The van der Waals surface area contributed by atoms with E-state index in [0.29, 0.717) is 43.4 Å². The Balaban J connectivity index is 1.25. The number of piperazine rings is 1. The van der Waals surface area contributed by atoms with Crippen LogP contribution in [0.1, 0.15) is 19.4 Å². The number of cyclic esters (lactones) is 1. The van der Waals surface area contributed by atoms with Gasteiger partial charge in [0.15, 0.2) is 5.78 Å². The number of rotatable bonds is 9. The van der Waals surface area contributed by atoms with E-state index in [-0.39, 0.29) is 17.9 Å². The zero-order valence-corrected chi connectivity index (χ0v) is 22.8. The maximum Gasteiger partial charge on any atom is 0.414 e. The largest absolute Gasteiger partial charge is 0.443 e. The zero-order chi connectivity index (χ0) is 29.1. The Bertz CT molecular complexity index is 1420. The zero-order valence-electron chi connectivity index (χ0n) is 22.8. The van der Waals surface area contributed by atoms with Crippen molar-refractivity contribution >= 4 is 29.4 Å². The van der Waals surface area contributed by atoms with Gasteiger partial charge in [-0.05, 0) is 37.6 Å². The first-order valence-electron chi connectivity index (χ1n) is 13.3. The first-order chi connectivity index (χ1) is 19.7. The van der Waals surface area contributed by atoms with Gasteiger partial charge >= 0.3 is 6.09 Å². The molecule has 41 heavy (non-hydrogen) atoms. The van der Waals surface area contributed by atoms with Crippen LogP contribution in [0.3, 0.4) is 0 Å². The minimum atomic E-state index is -0.709. The van der Waals surface area contributed by atoms with Crippen molar-refractivity contribution in [3.05, 3.63) is 72.3 Å². The van der Waals surface area contributed by atoms with Crippen molar-refractivity contribution in [3.63, 3.8) is 0 Å². The highest BCUT2D eigenvalue weighted by molar-refractivity contribution is 5.91. The highest BCUT2D eigenvalue weighted by Gasteiger charge is 2.38. The van der Waals surface area contributed by atoms with Crippen molar-refractivity contribution in [2.45, 2.75) is 32.6 Å². The summed E-state index contributed by atoms with van der Waals surface area (Å²) in [7, 11) is 0. The molecule has 0 radical (unpaired) electrons. The van der Waals surface area contributed by atoms with Crippen LogP contribution in [-0.2, 0) is 25.8 Å². The molecule has 2 fully saturated rings. The maximum absolute atomic E-state index is 15.2. The monoisotopic (exact) mass is 562 g/mol. The predicted molar refractivity (Wildman–Crippen MR) is 148 cm³/mol. The number of carbonyl (C=O) groups excluding carboxylic acids is 3. The molecular weight excluding hydrogens is 531 g/mol. The van der Waals surface area contributed by atoms with Gasteiger partial charge in [0, 0.05) is 36.6 Å². The molecule has 2 aliphatic rings. The summed E-state index contributed by atoms with van der Waals surface area (Å²) < 4.78 is 20.4. The number of halogens is 1. The second-order valence-corrected chi connectivity index (χ2v) is 10.1. The minimum Gasteiger partial charge on any atom is -0.443 e. The number of amides is 2. The lowest BCUT2D eigenvalue weighted by Crippen LogP contribution is -2.56. The Morgan fingerprint density at radius 1 is 1.12 bits per heavy atom. The van der Waals surface area contributed by atoms with E-state index < -0.39 is 35.9 Å². The van der Waals surface area contributed by atoms with Crippen molar-refractivity contribution in [3.8, 4) is 11.1 Å². The molecule has 3 unspecified atom stereocenters. The number of nitrogens with two attached hydrogens (primary N) is 1. The van der Waals surface area contributed by atoms with Crippen molar-refractivity contribution in [1.82, 2.24) is 15.0 Å². The molecule has 1 aromatic heterocycles. The molecule has 0 aliphatic carbocycles. The average Bonchev–Trinajstić information content (AvgIpc) is 3.37. The first-order valence-corrected chi connectivity index (χ1v) is 13.3. The Labute approximate surface area is 236 Å². The van der Waals surface area contributed by atoms with Crippen LogP contribution in [0.25, 0.3) is 11.1 Å². The second-order valence-electron chi connectivity index (χ2n) is 10.1. The molecule has 3 heterocycles. The topological polar surface area (TPSA) is 131 Å². The van der Waals surface area contributed by atoms with Crippen LogP contribution >= 0.6 is 0 Å². The number of hydroxylamine groups is 2. The van der Waals surface area contributed by atoms with Gasteiger partial charge in [0.1, 0.15) is 18.0 Å².